The number of anilines is 1. The first-order valence-electron chi connectivity index (χ1n) is 11.9. The number of benzene rings is 3. The van der Waals surface area contributed by atoms with Gasteiger partial charge in [0.05, 0.1) is 29.9 Å². The minimum absolute atomic E-state index is 0.0123. The normalized spacial score (nSPS) is 11.6. The second kappa shape index (κ2) is 11.9. The third-order valence-corrected chi connectivity index (χ3v) is 8.41. The van der Waals surface area contributed by atoms with Crippen molar-refractivity contribution in [3.05, 3.63) is 118 Å². The summed E-state index contributed by atoms with van der Waals surface area (Å²) in [6, 6.07) is 23.1. The van der Waals surface area contributed by atoms with E-state index in [1.165, 1.54) is 30.5 Å². The number of rotatable bonds is 9. The molecule has 0 saturated heterocycles. The van der Waals surface area contributed by atoms with Crippen LogP contribution in [0.15, 0.2) is 107 Å². The van der Waals surface area contributed by atoms with E-state index in [0.29, 0.717) is 32.2 Å². The van der Waals surface area contributed by atoms with Gasteiger partial charge in [-0.05, 0) is 66.7 Å². The number of amides is 1. The van der Waals surface area contributed by atoms with E-state index in [1.807, 2.05) is 18.2 Å². The number of furan rings is 1. The van der Waals surface area contributed by atoms with Crippen molar-refractivity contribution >= 4 is 56.7 Å². The highest BCUT2D eigenvalue weighted by Gasteiger charge is 2.28. The molecule has 1 amide bonds. The van der Waals surface area contributed by atoms with Gasteiger partial charge in [0.15, 0.2) is 0 Å². The van der Waals surface area contributed by atoms with E-state index in [2.05, 4.69) is 10.3 Å². The summed E-state index contributed by atoms with van der Waals surface area (Å²) in [5.74, 6) is -0.0597. The van der Waals surface area contributed by atoms with Crippen molar-refractivity contribution in [3.8, 4) is 16.9 Å². The molecule has 0 spiro atoms. The molecule has 12 heteroatoms. The lowest BCUT2D eigenvalue weighted by Gasteiger charge is -2.21. The molecule has 8 nitrogen and oxygen atoms in total. The zero-order chi connectivity index (χ0) is 28.3. The van der Waals surface area contributed by atoms with Crippen molar-refractivity contribution in [2.24, 2.45) is 0 Å². The van der Waals surface area contributed by atoms with Crippen LogP contribution in [-0.2, 0) is 21.4 Å². The lowest BCUT2D eigenvalue weighted by atomic mass is 10.2. The molecule has 2 heterocycles. The average molecular weight is 616 g/mol. The molecule has 0 fully saturated rings. The monoisotopic (exact) mass is 614 g/mol. The highest BCUT2D eigenvalue weighted by atomic mass is 35.5. The zero-order valence-electron chi connectivity index (χ0n) is 20.7. The van der Waals surface area contributed by atoms with Crippen molar-refractivity contribution in [3.63, 3.8) is 0 Å². The van der Waals surface area contributed by atoms with Crippen molar-refractivity contribution in [1.29, 1.82) is 0 Å². The summed E-state index contributed by atoms with van der Waals surface area (Å²) in [5, 5.41) is 4.22. The molecule has 0 aliphatic heterocycles. The molecule has 3 aromatic carbocycles. The zero-order valence-corrected chi connectivity index (χ0v) is 23.8. The minimum atomic E-state index is -4.09. The van der Waals surface area contributed by atoms with Gasteiger partial charge < -0.3 is 4.42 Å². The number of nitrogens with zero attached hydrogens (tertiary/aromatic N) is 3. The molecule has 0 saturated carbocycles. The van der Waals surface area contributed by atoms with E-state index >= 15 is 0 Å². The van der Waals surface area contributed by atoms with Gasteiger partial charge in [0, 0.05) is 32.5 Å². The second-order valence-electron chi connectivity index (χ2n) is 8.66. The van der Waals surface area contributed by atoms with E-state index in [9.17, 15) is 13.2 Å². The van der Waals surface area contributed by atoms with Gasteiger partial charge in [-0.1, -0.05) is 53.0 Å². The van der Waals surface area contributed by atoms with Gasteiger partial charge in [-0.2, -0.15) is 4.31 Å². The fourth-order valence-electron chi connectivity index (χ4n) is 3.93. The van der Waals surface area contributed by atoms with Crippen LogP contribution in [0, 0.1) is 0 Å². The van der Waals surface area contributed by atoms with E-state index in [-0.39, 0.29) is 17.4 Å². The van der Waals surface area contributed by atoms with Crippen molar-refractivity contribution < 1.29 is 17.6 Å². The Morgan fingerprint density at radius 1 is 0.900 bits per heavy atom. The molecule has 40 heavy (non-hydrogen) atoms. The van der Waals surface area contributed by atoms with Crippen LogP contribution in [0.3, 0.4) is 0 Å². The summed E-state index contributed by atoms with van der Waals surface area (Å²) in [5.41, 5.74) is 1.98. The van der Waals surface area contributed by atoms with Crippen LogP contribution in [0.4, 0.5) is 5.95 Å². The predicted octanol–water partition coefficient (Wildman–Crippen LogP) is 6.92. The van der Waals surface area contributed by atoms with E-state index < -0.39 is 22.5 Å². The predicted molar refractivity (Wildman–Crippen MR) is 155 cm³/mol. The number of carbonyl (C=O) groups excluding carboxylic acids is 1. The summed E-state index contributed by atoms with van der Waals surface area (Å²) in [6.45, 7) is -0.672. The number of nitrogens with one attached hydrogen (secondary N) is 1. The Bertz CT molecular complexity index is 1740. The third-order valence-electron chi connectivity index (χ3n) is 5.87. The Hall–Kier alpha value is -3.60. The Morgan fingerprint density at radius 2 is 1.60 bits per heavy atom. The highest BCUT2D eigenvalue weighted by molar-refractivity contribution is 7.89. The average Bonchev–Trinajstić information content (AvgIpc) is 3.59. The van der Waals surface area contributed by atoms with Crippen molar-refractivity contribution in [2.75, 3.05) is 11.9 Å². The van der Waals surface area contributed by atoms with Gasteiger partial charge >= 0.3 is 0 Å². The lowest BCUT2D eigenvalue weighted by molar-refractivity contribution is -0.116. The maximum absolute atomic E-state index is 13.5. The largest absolute Gasteiger partial charge is 0.468 e. The van der Waals surface area contributed by atoms with Crippen LogP contribution >= 0.6 is 34.8 Å². The molecule has 0 radical (unpaired) electrons. The quantitative estimate of drug-likeness (QED) is 0.194. The first-order chi connectivity index (χ1) is 19.2. The number of hydrogen-bond acceptors (Lipinski definition) is 5. The number of imidazole rings is 1. The standard InChI is InChI=1S/C28H21Cl3N4O4S/c29-20-8-6-19(7-9-20)26-17-35(23-4-1-3-22(31)15-23)28(32-26)33-27(36)18-34(16-24-5-2-14-39-24)40(37,38)25-12-10-21(30)11-13-25/h1-15,17H,16,18H2,(H,32,33,36). The van der Waals surface area contributed by atoms with Crippen molar-refractivity contribution in [1.82, 2.24) is 13.9 Å². The summed E-state index contributed by atoms with van der Waals surface area (Å²) >= 11 is 18.2. The first-order valence-corrected chi connectivity index (χ1v) is 14.5. The van der Waals surface area contributed by atoms with Crippen LogP contribution in [0.2, 0.25) is 15.1 Å². The number of halogens is 3. The van der Waals surface area contributed by atoms with E-state index in [4.69, 9.17) is 39.2 Å². The van der Waals surface area contributed by atoms with Crippen LogP contribution in [-0.4, -0.2) is 34.7 Å². The van der Waals surface area contributed by atoms with Crippen LogP contribution < -0.4 is 5.32 Å². The number of aromatic nitrogens is 2. The van der Waals surface area contributed by atoms with Gasteiger partial charge in [0.2, 0.25) is 21.9 Å². The van der Waals surface area contributed by atoms with Crippen LogP contribution in [0.25, 0.3) is 16.9 Å². The fourth-order valence-corrected chi connectivity index (χ4v) is 5.73. The smallest absolute Gasteiger partial charge is 0.243 e. The molecule has 204 valence electrons. The maximum Gasteiger partial charge on any atom is 0.243 e. The number of sulfonamides is 1. The summed E-state index contributed by atoms with van der Waals surface area (Å²) < 4.78 is 35.1. The van der Waals surface area contributed by atoms with Gasteiger partial charge in [-0.3, -0.25) is 14.7 Å². The molecule has 1 N–H and O–H groups in total. The minimum Gasteiger partial charge on any atom is -0.468 e. The fraction of sp³-hybridized carbons (Fsp3) is 0.0714. The Labute approximate surface area is 245 Å². The topological polar surface area (TPSA) is 97.4 Å². The summed E-state index contributed by atoms with van der Waals surface area (Å²) in [6.07, 6.45) is 3.18. The summed E-state index contributed by atoms with van der Waals surface area (Å²) in [4.78, 5) is 18.0. The maximum atomic E-state index is 13.5. The van der Waals surface area contributed by atoms with Crippen molar-refractivity contribution in [2.45, 2.75) is 11.4 Å². The molecule has 5 aromatic rings. The highest BCUT2D eigenvalue weighted by Crippen LogP contribution is 2.27. The molecule has 0 aliphatic carbocycles. The van der Waals surface area contributed by atoms with Gasteiger partial charge in [0.25, 0.3) is 0 Å². The number of hydrogen-bond donors (Lipinski definition) is 1. The molecular formula is C28H21Cl3N4O4S. The van der Waals surface area contributed by atoms with Crippen LogP contribution in [0.1, 0.15) is 5.76 Å². The van der Waals surface area contributed by atoms with E-state index in [1.54, 1.807) is 53.2 Å². The molecule has 2 aromatic heterocycles. The summed E-state index contributed by atoms with van der Waals surface area (Å²) in [7, 11) is -4.09. The van der Waals surface area contributed by atoms with Gasteiger partial charge in [-0.15, -0.1) is 0 Å². The second-order valence-corrected chi connectivity index (χ2v) is 11.9. The number of carbonyl (C=O) groups is 1. The SMILES string of the molecule is O=C(CN(Cc1ccco1)S(=O)(=O)c1ccc(Cl)cc1)Nc1nc(-c2ccc(Cl)cc2)cn1-c1cccc(Cl)c1. The third kappa shape index (κ3) is 6.41. The lowest BCUT2D eigenvalue weighted by Crippen LogP contribution is -2.37. The molecule has 0 unspecified atom stereocenters. The Balaban J connectivity index is 1.47. The Kier molecular flexibility index (Phi) is 8.30. The first kappa shape index (κ1) is 27.9. The Morgan fingerprint density at radius 3 is 2.25 bits per heavy atom. The molecule has 0 bridgehead atoms. The molecule has 0 aliphatic rings. The van der Waals surface area contributed by atoms with E-state index in [0.717, 1.165) is 9.87 Å². The van der Waals surface area contributed by atoms with Gasteiger partial charge in [-0.25, -0.2) is 13.4 Å². The van der Waals surface area contributed by atoms with Gasteiger partial charge in [0.1, 0.15) is 5.76 Å². The molecule has 0 atom stereocenters. The molecule has 5 rings (SSSR count). The van der Waals surface area contributed by atoms with Crippen LogP contribution in [0.5, 0.6) is 0 Å². The molecular weight excluding hydrogens is 595 g/mol.